The molecule has 0 atom stereocenters. The van der Waals surface area contributed by atoms with Crippen molar-refractivity contribution in [3.05, 3.63) is 28.8 Å². The van der Waals surface area contributed by atoms with E-state index in [0.29, 0.717) is 29.1 Å². The van der Waals surface area contributed by atoms with Crippen molar-refractivity contribution in [2.75, 3.05) is 12.3 Å². The van der Waals surface area contributed by atoms with Crippen LogP contribution in [0.1, 0.15) is 37.0 Å². The number of rotatable bonds is 5. The first-order valence-electron chi connectivity index (χ1n) is 5.97. The fraction of sp³-hybridized carbons (Fsp3) is 0.462. The van der Waals surface area contributed by atoms with E-state index in [-0.39, 0.29) is 12.5 Å². The number of benzene rings is 1. The summed E-state index contributed by atoms with van der Waals surface area (Å²) < 4.78 is 0. The number of amides is 1. The lowest BCUT2D eigenvalue weighted by molar-refractivity contribution is 0.0314. The van der Waals surface area contributed by atoms with Gasteiger partial charge in [-0.25, -0.2) is 0 Å². The molecule has 0 radical (unpaired) electrons. The number of nitrogens with one attached hydrogen (secondary N) is 1. The van der Waals surface area contributed by atoms with Gasteiger partial charge in [0.05, 0.1) is 16.3 Å². The van der Waals surface area contributed by atoms with Crippen molar-refractivity contribution in [2.45, 2.75) is 32.3 Å². The molecule has 18 heavy (non-hydrogen) atoms. The van der Waals surface area contributed by atoms with E-state index in [2.05, 4.69) is 5.32 Å². The number of nitrogens with two attached hydrogens (primary N) is 1. The van der Waals surface area contributed by atoms with Crippen LogP contribution in [0.3, 0.4) is 0 Å². The first kappa shape index (κ1) is 14.8. The summed E-state index contributed by atoms with van der Waals surface area (Å²) in [6, 6.07) is 4.71. The molecule has 1 rings (SSSR count). The Morgan fingerprint density at radius 1 is 1.44 bits per heavy atom. The van der Waals surface area contributed by atoms with E-state index in [0.717, 1.165) is 0 Å². The third-order valence-electron chi connectivity index (χ3n) is 3.15. The van der Waals surface area contributed by atoms with Crippen molar-refractivity contribution in [1.29, 1.82) is 0 Å². The Kier molecular flexibility index (Phi) is 4.99. The molecule has 1 aromatic rings. The zero-order valence-electron chi connectivity index (χ0n) is 10.7. The van der Waals surface area contributed by atoms with Crippen molar-refractivity contribution in [3.63, 3.8) is 0 Å². The monoisotopic (exact) mass is 270 g/mol. The average Bonchev–Trinajstić information content (AvgIpc) is 2.38. The van der Waals surface area contributed by atoms with Gasteiger partial charge in [-0.2, -0.15) is 0 Å². The summed E-state index contributed by atoms with van der Waals surface area (Å²) in [4.78, 5) is 11.9. The molecule has 0 aliphatic rings. The molecule has 5 heteroatoms. The maximum atomic E-state index is 11.9. The van der Waals surface area contributed by atoms with Crippen molar-refractivity contribution >= 4 is 23.2 Å². The Hall–Kier alpha value is -1.26. The van der Waals surface area contributed by atoms with Crippen LogP contribution < -0.4 is 11.1 Å². The van der Waals surface area contributed by atoms with Gasteiger partial charge in [-0.3, -0.25) is 4.79 Å². The number of carbonyl (C=O) groups excluding carboxylic acids is 1. The van der Waals surface area contributed by atoms with Crippen LogP contribution >= 0.6 is 11.6 Å². The zero-order chi connectivity index (χ0) is 13.8. The lowest BCUT2D eigenvalue weighted by Crippen LogP contribution is -2.42. The van der Waals surface area contributed by atoms with Gasteiger partial charge in [0.2, 0.25) is 0 Å². The summed E-state index contributed by atoms with van der Waals surface area (Å²) in [7, 11) is 0. The highest BCUT2D eigenvalue weighted by Crippen LogP contribution is 2.19. The minimum absolute atomic E-state index is 0.224. The molecule has 0 aliphatic heterocycles. The number of nitrogen functional groups attached to an aromatic ring is 1. The van der Waals surface area contributed by atoms with Crippen LogP contribution in [0.2, 0.25) is 5.02 Å². The van der Waals surface area contributed by atoms with E-state index in [1.54, 1.807) is 12.1 Å². The smallest absolute Gasteiger partial charge is 0.251 e. The van der Waals surface area contributed by atoms with Crippen molar-refractivity contribution in [3.8, 4) is 0 Å². The zero-order valence-corrected chi connectivity index (χ0v) is 11.4. The molecule has 0 unspecified atom stereocenters. The number of hydrogen-bond donors (Lipinski definition) is 3. The van der Waals surface area contributed by atoms with Gasteiger partial charge in [-0.1, -0.05) is 25.4 Å². The standard InChI is InChI=1S/C13H19ClN2O2/c1-3-13(18,4-2)8-16-12(17)9-5-6-10(14)11(15)7-9/h5-7,18H,3-4,8,15H2,1-2H3,(H,16,17). The van der Waals surface area contributed by atoms with Gasteiger partial charge in [0, 0.05) is 12.1 Å². The fourth-order valence-corrected chi connectivity index (χ4v) is 1.65. The van der Waals surface area contributed by atoms with Crippen LogP contribution in [0.25, 0.3) is 0 Å². The number of carbonyl (C=O) groups is 1. The molecule has 0 heterocycles. The molecule has 0 spiro atoms. The topological polar surface area (TPSA) is 75.3 Å². The van der Waals surface area contributed by atoms with Crippen LogP contribution in [0.5, 0.6) is 0 Å². The minimum atomic E-state index is -0.854. The molecule has 100 valence electrons. The van der Waals surface area contributed by atoms with Crippen molar-refractivity contribution < 1.29 is 9.90 Å². The molecule has 4 N–H and O–H groups in total. The van der Waals surface area contributed by atoms with Gasteiger partial charge >= 0.3 is 0 Å². The summed E-state index contributed by atoms with van der Waals surface area (Å²) in [5.74, 6) is -0.265. The van der Waals surface area contributed by atoms with Gasteiger partial charge in [0.25, 0.3) is 5.91 Å². The van der Waals surface area contributed by atoms with Gasteiger partial charge in [0.1, 0.15) is 0 Å². The van der Waals surface area contributed by atoms with Crippen LogP contribution in [-0.4, -0.2) is 23.2 Å². The molecule has 1 aromatic carbocycles. The molecular weight excluding hydrogens is 252 g/mol. The van der Waals surface area contributed by atoms with E-state index in [1.807, 2.05) is 13.8 Å². The van der Waals surface area contributed by atoms with E-state index in [4.69, 9.17) is 17.3 Å². The third-order valence-corrected chi connectivity index (χ3v) is 3.50. The summed E-state index contributed by atoms with van der Waals surface area (Å²) in [5, 5.41) is 13.2. The second-order valence-electron chi connectivity index (χ2n) is 4.35. The third kappa shape index (κ3) is 3.62. The van der Waals surface area contributed by atoms with Gasteiger partial charge in [0.15, 0.2) is 0 Å². The molecule has 1 amide bonds. The number of hydrogen-bond acceptors (Lipinski definition) is 3. The first-order chi connectivity index (χ1) is 8.41. The Morgan fingerprint density at radius 2 is 2.06 bits per heavy atom. The first-order valence-corrected chi connectivity index (χ1v) is 6.35. The van der Waals surface area contributed by atoms with Crippen LogP contribution in [0, 0.1) is 0 Å². The Labute approximate surface area is 112 Å². The molecular formula is C13H19ClN2O2. The summed E-state index contributed by atoms with van der Waals surface area (Å²) in [6.07, 6.45) is 1.18. The van der Waals surface area contributed by atoms with Crippen LogP contribution in [0.15, 0.2) is 18.2 Å². The molecule has 0 fully saturated rings. The molecule has 0 saturated heterocycles. The summed E-state index contributed by atoms with van der Waals surface area (Å²) >= 11 is 5.78. The second kappa shape index (κ2) is 6.07. The predicted molar refractivity (Wildman–Crippen MR) is 73.7 cm³/mol. The fourth-order valence-electron chi connectivity index (χ4n) is 1.53. The molecule has 0 bridgehead atoms. The van der Waals surface area contributed by atoms with E-state index in [9.17, 15) is 9.90 Å². The predicted octanol–water partition coefficient (Wildman–Crippen LogP) is 2.20. The molecule has 0 aromatic heterocycles. The SMILES string of the molecule is CCC(O)(CC)CNC(=O)c1ccc(Cl)c(N)c1. The maximum absolute atomic E-state index is 11.9. The van der Waals surface area contributed by atoms with E-state index >= 15 is 0 Å². The Morgan fingerprint density at radius 3 is 2.56 bits per heavy atom. The van der Waals surface area contributed by atoms with Gasteiger partial charge < -0.3 is 16.2 Å². The Balaban J connectivity index is 2.68. The number of aliphatic hydroxyl groups is 1. The molecule has 0 aliphatic carbocycles. The highest BCUT2D eigenvalue weighted by Gasteiger charge is 2.23. The summed E-state index contributed by atoms with van der Waals surface area (Å²) in [5.41, 5.74) is 5.58. The lowest BCUT2D eigenvalue weighted by Gasteiger charge is -2.25. The largest absolute Gasteiger partial charge is 0.398 e. The van der Waals surface area contributed by atoms with Gasteiger partial charge in [-0.05, 0) is 31.0 Å². The number of anilines is 1. The quantitative estimate of drug-likeness (QED) is 0.718. The maximum Gasteiger partial charge on any atom is 0.251 e. The lowest BCUT2D eigenvalue weighted by atomic mass is 9.97. The highest BCUT2D eigenvalue weighted by atomic mass is 35.5. The average molecular weight is 271 g/mol. The van der Waals surface area contributed by atoms with Gasteiger partial charge in [-0.15, -0.1) is 0 Å². The van der Waals surface area contributed by atoms with Crippen LogP contribution in [0.4, 0.5) is 5.69 Å². The normalized spacial score (nSPS) is 11.3. The van der Waals surface area contributed by atoms with E-state index < -0.39 is 5.60 Å². The minimum Gasteiger partial charge on any atom is -0.398 e. The molecule has 0 saturated carbocycles. The second-order valence-corrected chi connectivity index (χ2v) is 4.76. The summed E-state index contributed by atoms with van der Waals surface area (Å²) in [6.45, 7) is 3.99. The van der Waals surface area contributed by atoms with Crippen LogP contribution in [-0.2, 0) is 0 Å². The Bertz CT molecular complexity index is 431. The van der Waals surface area contributed by atoms with Crippen molar-refractivity contribution in [2.24, 2.45) is 0 Å². The van der Waals surface area contributed by atoms with E-state index in [1.165, 1.54) is 6.07 Å². The molecule has 4 nitrogen and oxygen atoms in total. The highest BCUT2D eigenvalue weighted by molar-refractivity contribution is 6.33. The number of halogens is 1. The van der Waals surface area contributed by atoms with Crippen molar-refractivity contribution in [1.82, 2.24) is 5.32 Å².